The summed E-state index contributed by atoms with van der Waals surface area (Å²) in [5.41, 5.74) is 0.845. The zero-order valence-electron chi connectivity index (χ0n) is 17.3. The molecule has 0 aromatic heterocycles. The summed E-state index contributed by atoms with van der Waals surface area (Å²) in [5, 5.41) is 6.41. The number of methoxy groups -OCH3 is 1. The second kappa shape index (κ2) is 13.5. The molecule has 9 heteroatoms. The van der Waals surface area contributed by atoms with E-state index in [-0.39, 0.29) is 11.4 Å². The van der Waals surface area contributed by atoms with Crippen molar-refractivity contribution in [1.29, 1.82) is 0 Å². The number of hydrogen-bond donors (Lipinski definition) is 3. The van der Waals surface area contributed by atoms with Crippen molar-refractivity contribution in [3.05, 3.63) is 29.8 Å². The summed E-state index contributed by atoms with van der Waals surface area (Å²) in [7, 11) is -0.318. The lowest BCUT2D eigenvalue weighted by Crippen LogP contribution is -2.37. The van der Waals surface area contributed by atoms with E-state index in [4.69, 9.17) is 9.47 Å². The Labute approximate surface area is 169 Å². The van der Waals surface area contributed by atoms with Gasteiger partial charge in [0.25, 0.3) is 0 Å². The summed E-state index contributed by atoms with van der Waals surface area (Å²) in [6.45, 7) is 7.49. The first kappa shape index (κ1) is 24.4. The molecule has 3 N–H and O–H groups in total. The number of nitrogens with one attached hydrogen (secondary N) is 3. The zero-order valence-corrected chi connectivity index (χ0v) is 18.1. The minimum absolute atomic E-state index is 0.230. The predicted molar refractivity (Wildman–Crippen MR) is 112 cm³/mol. The molecule has 0 saturated heterocycles. The summed E-state index contributed by atoms with van der Waals surface area (Å²) in [4.78, 5) is 4.41. The summed E-state index contributed by atoms with van der Waals surface area (Å²) in [6, 6.07) is 6.82. The third-order valence-corrected chi connectivity index (χ3v) is 5.16. The van der Waals surface area contributed by atoms with Crippen LogP contribution in [-0.2, 0) is 26.0 Å². The van der Waals surface area contributed by atoms with Crippen LogP contribution in [0.1, 0.15) is 25.8 Å². The van der Waals surface area contributed by atoms with Crippen LogP contribution in [0.2, 0.25) is 0 Å². The molecule has 160 valence electrons. The summed E-state index contributed by atoms with van der Waals surface area (Å²) in [6.07, 6.45) is 0.883. The molecule has 8 nitrogen and oxygen atoms in total. The van der Waals surface area contributed by atoms with Crippen LogP contribution in [0.5, 0.6) is 0 Å². The smallest absolute Gasteiger partial charge is 0.240 e. The van der Waals surface area contributed by atoms with Crippen molar-refractivity contribution in [2.45, 2.75) is 31.7 Å². The minimum atomic E-state index is -3.55. The van der Waals surface area contributed by atoms with E-state index in [1.807, 2.05) is 6.07 Å². The maximum Gasteiger partial charge on any atom is 0.240 e. The number of benzene rings is 1. The average Bonchev–Trinajstić information content (AvgIpc) is 2.67. The fourth-order valence-electron chi connectivity index (χ4n) is 2.29. The fourth-order valence-corrected chi connectivity index (χ4v) is 3.37. The Morgan fingerprint density at radius 3 is 2.64 bits per heavy atom. The molecule has 0 aliphatic rings. The number of aliphatic imine (C=N–C) groups is 1. The summed E-state index contributed by atoms with van der Waals surface area (Å²) < 4.78 is 37.5. The Balaban J connectivity index is 2.46. The van der Waals surface area contributed by atoms with E-state index in [9.17, 15) is 8.42 Å². The first-order valence-electron chi connectivity index (χ1n) is 9.49. The molecule has 0 amide bonds. The number of rotatable bonds is 13. The van der Waals surface area contributed by atoms with Crippen molar-refractivity contribution in [3.8, 4) is 0 Å². The van der Waals surface area contributed by atoms with E-state index in [1.165, 1.54) is 7.11 Å². The van der Waals surface area contributed by atoms with Gasteiger partial charge in [-0.1, -0.05) is 26.0 Å². The van der Waals surface area contributed by atoms with Crippen LogP contribution >= 0.6 is 0 Å². The second-order valence-electron chi connectivity index (χ2n) is 6.71. The monoisotopic (exact) mass is 414 g/mol. The maximum absolute atomic E-state index is 12.3. The van der Waals surface area contributed by atoms with Crippen molar-refractivity contribution < 1.29 is 17.9 Å². The van der Waals surface area contributed by atoms with Gasteiger partial charge in [0, 0.05) is 47.0 Å². The van der Waals surface area contributed by atoms with Gasteiger partial charge in [0.2, 0.25) is 10.0 Å². The zero-order chi connectivity index (χ0) is 20.8. The SMILES string of the molecule is CN=C(NCCCOCC(C)C)NCc1cccc(S(=O)(=O)NCCOC)c1. The molecular weight excluding hydrogens is 380 g/mol. The first-order valence-corrected chi connectivity index (χ1v) is 11.0. The molecule has 0 saturated carbocycles. The average molecular weight is 415 g/mol. The summed E-state index contributed by atoms with van der Waals surface area (Å²) in [5.74, 6) is 1.20. The first-order chi connectivity index (χ1) is 13.4. The topological polar surface area (TPSA) is 101 Å². The largest absolute Gasteiger partial charge is 0.383 e. The number of sulfonamides is 1. The molecule has 1 rings (SSSR count). The van der Waals surface area contributed by atoms with Gasteiger partial charge in [-0.2, -0.15) is 0 Å². The number of hydrogen-bond acceptors (Lipinski definition) is 5. The van der Waals surface area contributed by atoms with Crippen molar-refractivity contribution in [1.82, 2.24) is 15.4 Å². The molecule has 0 heterocycles. The van der Waals surface area contributed by atoms with Gasteiger partial charge in [-0.3, -0.25) is 4.99 Å². The summed E-state index contributed by atoms with van der Waals surface area (Å²) >= 11 is 0. The molecule has 0 bridgehead atoms. The highest BCUT2D eigenvalue weighted by molar-refractivity contribution is 7.89. The lowest BCUT2D eigenvalue weighted by atomic mass is 10.2. The van der Waals surface area contributed by atoms with E-state index in [0.717, 1.165) is 25.1 Å². The third kappa shape index (κ3) is 10.0. The van der Waals surface area contributed by atoms with Crippen molar-refractivity contribution >= 4 is 16.0 Å². The molecule has 0 aliphatic heterocycles. The van der Waals surface area contributed by atoms with Gasteiger partial charge in [0.15, 0.2) is 5.96 Å². The lowest BCUT2D eigenvalue weighted by molar-refractivity contribution is 0.108. The van der Waals surface area contributed by atoms with E-state index in [1.54, 1.807) is 25.2 Å². The number of ether oxygens (including phenoxy) is 2. The van der Waals surface area contributed by atoms with Gasteiger partial charge in [-0.05, 0) is 30.0 Å². The normalized spacial score (nSPS) is 12.4. The van der Waals surface area contributed by atoms with Crippen LogP contribution in [-0.4, -0.2) is 61.4 Å². The number of nitrogens with zero attached hydrogens (tertiary/aromatic N) is 1. The molecule has 0 aliphatic carbocycles. The van der Waals surface area contributed by atoms with Gasteiger partial charge in [0.05, 0.1) is 11.5 Å². The molecule has 28 heavy (non-hydrogen) atoms. The van der Waals surface area contributed by atoms with Gasteiger partial charge in [-0.15, -0.1) is 0 Å². The Morgan fingerprint density at radius 2 is 1.96 bits per heavy atom. The standard InChI is InChI=1S/C19H34N4O4S/c1-16(2)15-27-11-6-9-21-19(20-3)22-14-17-7-5-8-18(13-17)28(24,25)23-10-12-26-4/h5,7-8,13,16,23H,6,9-12,14-15H2,1-4H3,(H2,20,21,22). The lowest BCUT2D eigenvalue weighted by Gasteiger charge is -2.13. The fraction of sp³-hybridized carbons (Fsp3) is 0.632. The van der Waals surface area contributed by atoms with E-state index >= 15 is 0 Å². The third-order valence-electron chi connectivity index (χ3n) is 3.70. The van der Waals surface area contributed by atoms with Crippen molar-refractivity contribution in [2.75, 3.05) is 47.1 Å². The van der Waals surface area contributed by atoms with Gasteiger partial charge in [-0.25, -0.2) is 13.1 Å². The molecule has 1 aromatic rings. The number of guanidine groups is 1. The molecule has 0 unspecified atom stereocenters. The molecule has 0 atom stereocenters. The Bertz CT molecular complexity index is 693. The molecule has 0 radical (unpaired) electrons. The van der Waals surface area contributed by atoms with Crippen LogP contribution < -0.4 is 15.4 Å². The van der Waals surface area contributed by atoms with Gasteiger partial charge < -0.3 is 20.1 Å². The highest BCUT2D eigenvalue weighted by Gasteiger charge is 2.13. The van der Waals surface area contributed by atoms with Crippen molar-refractivity contribution in [3.63, 3.8) is 0 Å². The molecular formula is C19H34N4O4S. The van der Waals surface area contributed by atoms with Gasteiger partial charge in [0.1, 0.15) is 0 Å². The van der Waals surface area contributed by atoms with Crippen LogP contribution in [0.4, 0.5) is 0 Å². The maximum atomic E-state index is 12.3. The Morgan fingerprint density at radius 1 is 1.18 bits per heavy atom. The predicted octanol–water partition coefficient (Wildman–Crippen LogP) is 1.34. The Kier molecular flexibility index (Phi) is 11.7. The molecule has 0 spiro atoms. The van der Waals surface area contributed by atoms with E-state index in [0.29, 0.717) is 31.6 Å². The van der Waals surface area contributed by atoms with Crippen LogP contribution in [0.15, 0.2) is 34.2 Å². The second-order valence-corrected chi connectivity index (χ2v) is 8.48. The van der Waals surface area contributed by atoms with E-state index < -0.39 is 10.0 Å². The van der Waals surface area contributed by atoms with Crippen molar-refractivity contribution in [2.24, 2.45) is 10.9 Å². The Hall–Kier alpha value is -1.68. The van der Waals surface area contributed by atoms with Gasteiger partial charge >= 0.3 is 0 Å². The van der Waals surface area contributed by atoms with Crippen LogP contribution in [0.25, 0.3) is 0 Å². The molecule has 0 fully saturated rings. The minimum Gasteiger partial charge on any atom is -0.383 e. The van der Waals surface area contributed by atoms with Crippen LogP contribution in [0.3, 0.4) is 0 Å². The molecule has 1 aromatic carbocycles. The van der Waals surface area contributed by atoms with Crippen LogP contribution in [0, 0.1) is 5.92 Å². The quantitative estimate of drug-likeness (QED) is 0.256. The highest BCUT2D eigenvalue weighted by atomic mass is 32.2. The van der Waals surface area contributed by atoms with E-state index in [2.05, 4.69) is 34.2 Å². The highest BCUT2D eigenvalue weighted by Crippen LogP contribution is 2.11.